The van der Waals surface area contributed by atoms with Crippen LogP contribution < -0.4 is 5.43 Å². The Labute approximate surface area is 151 Å². The Kier molecular flexibility index (Phi) is 4.95. The molecule has 1 amide bonds. The van der Waals surface area contributed by atoms with Crippen LogP contribution in [-0.4, -0.2) is 21.7 Å². The van der Waals surface area contributed by atoms with Gasteiger partial charge in [0.15, 0.2) is 0 Å². The Balaban J connectivity index is 1.77. The van der Waals surface area contributed by atoms with Crippen molar-refractivity contribution < 1.29 is 4.79 Å². The maximum Gasteiger partial charge on any atom is 0.272 e. The molecule has 2 heterocycles. The SMILES string of the molecule is Cc1ccc(C)n1-c1ccc(C(=O)N/N=C\c2cccnc2)c(Cl)c1. The number of hydrogen-bond donors (Lipinski definition) is 1. The van der Waals surface area contributed by atoms with Crippen LogP contribution >= 0.6 is 11.6 Å². The molecule has 1 aromatic carbocycles. The van der Waals surface area contributed by atoms with Crippen LogP contribution in [0.2, 0.25) is 5.02 Å². The largest absolute Gasteiger partial charge is 0.318 e. The first-order valence-electron chi connectivity index (χ1n) is 7.74. The zero-order chi connectivity index (χ0) is 17.8. The highest BCUT2D eigenvalue weighted by Gasteiger charge is 2.12. The Morgan fingerprint density at radius 2 is 1.96 bits per heavy atom. The molecule has 2 aromatic heterocycles. The monoisotopic (exact) mass is 352 g/mol. The molecular weight excluding hydrogens is 336 g/mol. The number of hydrazone groups is 1. The van der Waals surface area contributed by atoms with Crippen LogP contribution in [0.5, 0.6) is 0 Å². The predicted octanol–water partition coefficient (Wildman–Crippen LogP) is 3.91. The number of amides is 1. The minimum absolute atomic E-state index is 0.363. The molecule has 25 heavy (non-hydrogen) atoms. The zero-order valence-corrected chi connectivity index (χ0v) is 14.7. The van der Waals surface area contributed by atoms with Gasteiger partial charge in [-0.1, -0.05) is 17.7 Å². The van der Waals surface area contributed by atoms with Gasteiger partial charge in [0.2, 0.25) is 0 Å². The van der Waals surface area contributed by atoms with Crippen LogP contribution in [0.3, 0.4) is 0 Å². The summed E-state index contributed by atoms with van der Waals surface area (Å²) in [6.07, 6.45) is 4.85. The van der Waals surface area contributed by atoms with Gasteiger partial charge in [-0.3, -0.25) is 9.78 Å². The van der Waals surface area contributed by atoms with Crippen molar-refractivity contribution in [2.75, 3.05) is 0 Å². The Morgan fingerprint density at radius 1 is 1.20 bits per heavy atom. The molecule has 0 aliphatic carbocycles. The average molecular weight is 353 g/mol. The molecule has 126 valence electrons. The number of aryl methyl sites for hydroxylation is 2. The molecule has 5 nitrogen and oxygen atoms in total. The van der Waals surface area contributed by atoms with Crippen molar-refractivity contribution >= 4 is 23.7 Å². The van der Waals surface area contributed by atoms with Crippen LogP contribution in [0.1, 0.15) is 27.3 Å². The van der Waals surface area contributed by atoms with E-state index in [0.717, 1.165) is 22.6 Å². The van der Waals surface area contributed by atoms with Gasteiger partial charge in [0.25, 0.3) is 5.91 Å². The van der Waals surface area contributed by atoms with Crippen LogP contribution in [0.15, 0.2) is 60.0 Å². The normalized spacial score (nSPS) is 11.0. The summed E-state index contributed by atoms with van der Waals surface area (Å²) in [6.45, 7) is 4.04. The predicted molar refractivity (Wildman–Crippen MR) is 99.6 cm³/mol. The summed E-state index contributed by atoms with van der Waals surface area (Å²) >= 11 is 6.31. The van der Waals surface area contributed by atoms with E-state index in [-0.39, 0.29) is 5.91 Å². The maximum atomic E-state index is 12.3. The molecule has 0 radical (unpaired) electrons. The first-order valence-corrected chi connectivity index (χ1v) is 8.12. The van der Waals surface area contributed by atoms with Gasteiger partial charge in [0, 0.05) is 35.0 Å². The summed E-state index contributed by atoms with van der Waals surface area (Å²) < 4.78 is 2.08. The first kappa shape index (κ1) is 16.9. The minimum Gasteiger partial charge on any atom is -0.318 e. The van der Waals surface area contributed by atoms with Crippen LogP contribution in [0.25, 0.3) is 5.69 Å². The molecule has 0 fully saturated rings. The van der Waals surface area contributed by atoms with E-state index >= 15 is 0 Å². The second-order valence-corrected chi connectivity index (χ2v) is 6.01. The van der Waals surface area contributed by atoms with Gasteiger partial charge in [0.1, 0.15) is 0 Å². The molecule has 0 unspecified atom stereocenters. The quantitative estimate of drug-likeness (QED) is 0.571. The molecule has 0 atom stereocenters. The number of benzene rings is 1. The highest BCUT2D eigenvalue weighted by atomic mass is 35.5. The van der Waals surface area contributed by atoms with E-state index < -0.39 is 0 Å². The Hall–Kier alpha value is -2.92. The van der Waals surface area contributed by atoms with Crippen molar-refractivity contribution in [3.63, 3.8) is 0 Å². The van der Waals surface area contributed by atoms with Crippen molar-refractivity contribution in [2.45, 2.75) is 13.8 Å². The van der Waals surface area contributed by atoms with E-state index in [1.807, 2.05) is 38.1 Å². The van der Waals surface area contributed by atoms with Crippen molar-refractivity contribution in [2.24, 2.45) is 5.10 Å². The van der Waals surface area contributed by atoms with E-state index in [0.29, 0.717) is 10.6 Å². The average Bonchev–Trinajstić information content (AvgIpc) is 2.94. The lowest BCUT2D eigenvalue weighted by molar-refractivity contribution is 0.0955. The second kappa shape index (κ2) is 7.32. The molecule has 0 bridgehead atoms. The summed E-state index contributed by atoms with van der Waals surface area (Å²) in [5, 5.41) is 4.31. The van der Waals surface area contributed by atoms with Crippen molar-refractivity contribution in [1.29, 1.82) is 0 Å². The first-order chi connectivity index (χ1) is 12.1. The van der Waals surface area contributed by atoms with Gasteiger partial charge in [-0.05, 0) is 50.2 Å². The highest BCUT2D eigenvalue weighted by molar-refractivity contribution is 6.34. The van der Waals surface area contributed by atoms with Gasteiger partial charge in [-0.25, -0.2) is 5.43 Å². The van der Waals surface area contributed by atoms with Gasteiger partial charge in [0.05, 0.1) is 16.8 Å². The van der Waals surface area contributed by atoms with E-state index in [1.54, 1.807) is 30.6 Å². The second-order valence-electron chi connectivity index (χ2n) is 5.60. The molecule has 0 aliphatic heterocycles. The number of rotatable bonds is 4. The number of nitrogens with one attached hydrogen (secondary N) is 1. The van der Waals surface area contributed by atoms with E-state index in [1.165, 1.54) is 6.21 Å². The lowest BCUT2D eigenvalue weighted by Gasteiger charge is -2.11. The van der Waals surface area contributed by atoms with Crippen molar-refractivity contribution in [1.82, 2.24) is 15.0 Å². The number of pyridine rings is 1. The Bertz CT molecular complexity index is 912. The number of hydrogen-bond acceptors (Lipinski definition) is 3. The van der Waals surface area contributed by atoms with Gasteiger partial charge < -0.3 is 4.57 Å². The lowest BCUT2D eigenvalue weighted by Crippen LogP contribution is -2.18. The molecule has 1 N–H and O–H groups in total. The molecule has 6 heteroatoms. The number of carbonyl (C=O) groups excluding carboxylic acids is 1. The lowest BCUT2D eigenvalue weighted by atomic mass is 10.2. The fourth-order valence-corrected chi connectivity index (χ4v) is 2.84. The summed E-state index contributed by atoms with van der Waals surface area (Å²) in [5.74, 6) is -0.363. The fraction of sp³-hybridized carbons (Fsp3) is 0.105. The standard InChI is InChI=1S/C19H17ClN4O/c1-13-5-6-14(2)24(13)16-7-8-17(18(20)10-16)19(25)23-22-12-15-4-3-9-21-11-15/h3-12H,1-2H3,(H,23,25)/b22-12-. The van der Waals surface area contributed by atoms with Crippen molar-refractivity contribution in [3.8, 4) is 5.69 Å². The molecule has 0 spiro atoms. The molecule has 0 saturated heterocycles. The van der Waals surface area contributed by atoms with Gasteiger partial charge >= 0.3 is 0 Å². The van der Waals surface area contributed by atoms with Gasteiger partial charge in [-0.2, -0.15) is 5.10 Å². The van der Waals surface area contributed by atoms with E-state index in [9.17, 15) is 4.79 Å². The summed E-state index contributed by atoms with van der Waals surface area (Å²) in [7, 11) is 0. The van der Waals surface area contributed by atoms with E-state index in [2.05, 4.69) is 20.1 Å². The van der Waals surface area contributed by atoms with Crippen LogP contribution in [-0.2, 0) is 0 Å². The van der Waals surface area contributed by atoms with Crippen LogP contribution in [0, 0.1) is 13.8 Å². The fourth-order valence-electron chi connectivity index (χ4n) is 2.58. The Morgan fingerprint density at radius 3 is 2.60 bits per heavy atom. The summed E-state index contributed by atoms with van der Waals surface area (Å²) in [4.78, 5) is 16.2. The highest BCUT2D eigenvalue weighted by Crippen LogP contribution is 2.23. The van der Waals surface area contributed by atoms with Crippen molar-refractivity contribution in [3.05, 3.63) is 82.4 Å². The summed E-state index contributed by atoms with van der Waals surface area (Å²) in [6, 6.07) is 13.1. The number of nitrogens with zero attached hydrogens (tertiary/aromatic N) is 3. The third-order valence-corrected chi connectivity index (χ3v) is 4.10. The van der Waals surface area contributed by atoms with Gasteiger partial charge in [-0.15, -0.1) is 0 Å². The number of halogens is 1. The third kappa shape index (κ3) is 3.78. The minimum atomic E-state index is -0.363. The zero-order valence-electron chi connectivity index (χ0n) is 13.9. The number of carbonyl (C=O) groups is 1. The molecule has 0 aliphatic rings. The molecule has 3 rings (SSSR count). The maximum absolute atomic E-state index is 12.3. The summed E-state index contributed by atoms with van der Waals surface area (Å²) in [5.41, 5.74) is 6.77. The third-order valence-electron chi connectivity index (χ3n) is 3.79. The molecule has 0 saturated carbocycles. The molecular formula is C19H17ClN4O. The smallest absolute Gasteiger partial charge is 0.272 e. The molecule has 3 aromatic rings. The van der Waals surface area contributed by atoms with E-state index in [4.69, 9.17) is 11.6 Å². The topological polar surface area (TPSA) is 59.3 Å². The van der Waals surface area contributed by atoms with Crippen LogP contribution in [0.4, 0.5) is 0 Å². The number of aromatic nitrogens is 2.